The molecule has 0 radical (unpaired) electrons. The van der Waals surface area contributed by atoms with Crippen molar-refractivity contribution in [2.45, 2.75) is 6.54 Å². The lowest BCUT2D eigenvalue weighted by Gasteiger charge is -2.02. The van der Waals surface area contributed by atoms with Gasteiger partial charge >= 0.3 is 0 Å². The van der Waals surface area contributed by atoms with Crippen molar-refractivity contribution in [1.29, 1.82) is 5.26 Å². The summed E-state index contributed by atoms with van der Waals surface area (Å²) < 4.78 is 0. The molecule has 80 valence electrons. The minimum absolute atomic E-state index is 0.274. The number of aromatic amines is 1. The summed E-state index contributed by atoms with van der Waals surface area (Å²) in [5, 5.41) is 18.3. The van der Waals surface area contributed by atoms with Gasteiger partial charge in [-0.15, -0.1) is 0 Å². The second-order valence-corrected chi connectivity index (χ2v) is 3.19. The average molecular weight is 214 g/mol. The monoisotopic (exact) mass is 214 g/mol. The number of nitriles is 1. The van der Waals surface area contributed by atoms with Crippen LogP contribution in [0.3, 0.4) is 0 Å². The van der Waals surface area contributed by atoms with Crippen LogP contribution in [0.5, 0.6) is 0 Å². The van der Waals surface area contributed by atoms with E-state index in [0.717, 1.165) is 5.56 Å². The molecule has 6 heteroatoms. The van der Waals surface area contributed by atoms with Gasteiger partial charge in [0.05, 0.1) is 0 Å². The minimum atomic E-state index is 0.274. The Morgan fingerprint density at radius 2 is 2.44 bits per heavy atom. The van der Waals surface area contributed by atoms with E-state index < -0.39 is 0 Å². The third kappa shape index (κ3) is 1.93. The first-order chi connectivity index (χ1) is 7.81. The van der Waals surface area contributed by atoms with Crippen LogP contribution >= 0.6 is 0 Å². The van der Waals surface area contributed by atoms with Gasteiger partial charge in [0.1, 0.15) is 17.5 Å². The van der Waals surface area contributed by atoms with Crippen LogP contribution in [0.1, 0.15) is 11.1 Å². The zero-order valence-electron chi connectivity index (χ0n) is 8.44. The standard InChI is InChI=1S/C10H10N6/c11-4-8-9(12)15-16-10(8)14-6-7-2-1-3-13-5-7/h1-3,5H,6H2,(H4,12,14,15,16). The zero-order chi connectivity index (χ0) is 11.4. The molecule has 0 saturated heterocycles. The molecule has 0 spiro atoms. The number of rotatable bonds is 3. The van der Waals surface area contributed by atoms with Crippen LogP contribution in [0.25, 0.3) is 0 Å². The highest BCUT2D eigenvalue weighted by Crippen LogP contribution is 2.17. The van der Waals surface area contributed by atoms with E-state index in [0.29, 0.717) is 17.9 Å². The van der Waals surface area contributed by atoms with Gasteiger partial charge in [0.15, 0.2) is 5.82 Å². The van der Waals surface area contributed by atoms with Gasteiger partial charge in [-0.25, -0.2) is 0 Å². The number of anilines is 2. The van der Waals surface area contributed by atoms with Gasteiger partial charge in [0, 0.05) is 18.9 Å². The van der Waals surface area contributed by atoms with Gasteiger partial charge in [-0.3, -0.25) is 10.1 Å². The molecule has 0 atom stereocenters. The fraction of sp³-hybridized carbons (Fsp3) is 0.100. The number of H-pyrrole nitrogens is 1. The van der Waals surface area contributed by atoms with Crippen molar-refractivity contribution in [1.82, 2.24) is 15.2 Å². The first kappa shape index (κ1) is 9.98. The highest BCUT2D eigenvalue weighted by Gasteiger charge is 2.09. The van der Waals surface area contributed by atoms with Crippen molar-refractivity contribution in [3.05, 3.63) is 35.7 Å². The number of hydrogen-bond acceptors (Lipinski definition) is 5. The molecule has 0 aliphatic rings. The maximum atomic E-state index is 8.84. The van der Waals surface area contributed by atoms with Gasteiger partial charge in [0.2, 0.25) is 0 Å². The smallest absolute Gasteiger partial charge is 0.168 e. The van der Waals surface area contributed by atoms with E-state index >= 15 is 0 Å². The van der Waals surface area contributed by atoms with Crippen molar-refractivity contribution in [3.63, 3.8) is 0 Å². The van der Waals surface area contributed by atoms with Crippen LogP contribution in [-0.2, 0) is 6.54 Å². The van der Waals surface area contributed by atoms with Gasteiger partial charge in [-0.05, 0) is 11.6 Å². The molecule has 0 amide bonds. The van der Waals surface area contributed by atoms with Crippen LogP contribution < -0.4 is 11.1 Å². The quantitative estimate of drug-likeness (QED) is 0.703. The summed E-state index contributed by atoms with van der Waals surface area (Å²) in [4.78, 5) is 3.99. The number of nitrogens with one attached hydrogen (secondary N) is 2. The summed E-state index contributed by atoms with van der Waals surface area (Å²) >= 11 is 0. The van der Waals surface area contributed by atoms with E-state index in [2.05, 4.69) is 20.5 Å². The number of nitrogens with two attached hydrogens (primary N) is 1. The number of aromatic nitrogens is 3. The molecule has 0 aliphatic carbocycles. The van der Waals surface area contributed by atoms with Crippen molar-refractivity contribution in [2.24, 2.45) is 0 Å². The summed E-state index contributed by atoms with van der Waals surface area (Å²) in [6.07, 6.45) is 3.45. The SMILES string of the molecule is N#Cc1c(NCc2cccnc2)n[nH]c1N. The van der Waals surface area contributed by atoms with Gasteiger partial charge in [-0.2, -0.15) is 10.4 Å². The molecule has 4 N–H and O–H groups in total. The Labute approximate surface area is 92.1 Å². The predicted molar refractivity (Wildman–Crippen MR) is 59.3 cm³/mol. The largest absolute Gasteiger partial charge is 0.383 e. The third-order valence-corrected chi connectivity index (χ3v) is 2.09. The average Bonchev–Trinajstić information content (AvgIpc) is 2.68. The summed E-state index contributed by atoms with van der Waals surface area (Å²) in [6, 6.07) is 5.76. The van der Waals surface area contributed by atoms with Crippen LogP contribution in [0, 0.1) is 11.3 Å². The molecule has 0 fully saturated rings. The molecule has 2 heterocycles. The normalized spacial score (nSPS) is 9.69. The number of pyridine rings is 1. The van der Waals surface area contributed by atoms with E-state index in [9.17, 15) is 0 Å². The molecular formula is C10H10N6. The fourth-order valence-electron chi connectivity index (χ4n) is 1.29. The topological polar surface area (TPSA) is 103 Å². The van der Waals surface area contributed by atoms with Crippen LogP contribution in [-0.4, -0.2) is 15.2 Å². The Morgan fingerprint density at radius 3 is 3.12 bits per heavy atom. The van der Waals surface area contributed by atoms with E-state index in [-0.39, 0.29) is 5.82 Å². The van der Waals surface area contributed by atoms with Crippen molar-refractivity contribution < 1.29 is 0 Å². The lowest BCUT2D eigenvalue weighted by molar-refractivity contribution is 1.04. The molecule has 2 aromatic heterocycles. The highest BCUT2D eigenvalue weighted by molar-refractivity contribution is 5.62. The molecular weight excluding hydrogens is 204 g/mol. The highest BCUT2D eigenvalue weighted by atomic mass is 15.2. The number of hydrogen-bond donors (Lipinski definition) is 3. The Balaban J connectivity index is 2.09. The molecule has 0 unspecified atom stereocenters. The second kappa shape index (κ2) is 4.31. The second-order valence-electron chi connectivity index (χ2n) is 3.19. The van der Waals surface area contributed by atoms with Crippen molar-refractivity contribution >= 4 is 11.6 Å². The summed E-state index contributed by atoms with van der Waals surface area (Å²) in [5.74, 6) is 0.736. The van der Waals surface area contributed by atoms with E-state index in [1.807, 2.05) is 18.2 Å². The summed E-state index contributed by atoms with van der Waals surface area (Å²) in [6.45, 7) is 0.548. The van der Waals surface area contributed by atoms with Crippen molar-refractivity contribution in [3.8, 4) is 6.07 Å². The Bertz CT molecular complexity index is 510. The molecule has 2 aromatic rings. The molecule has 0 aliphatic heterocycles. The van der Waals surface area contributed by atoms with Crippen LogP contribution in [0.15, 0.2) is 24.5 Å². The molecule has 16 heavy (non-hydrogen) atoms. The summed E-state index contributed by atoms with van der Waals surface area (Å²) in [5.41, 5.74) is 6.87. The Kier molecular flexibility index (Phi) is 2.69. The van der Waals surface area contributed by atoms with E-state index in [1.165, 1.54) is 0 Å². The van der Waals surface area contributed by atoms with Gasteiger partial charge in [-0.1, -0.05) is 6.07 Å². The zero-order valence-corrected chi connectivity index (χ0v) is 8.44. The number of nitrogen functional groups attached to an aromatic ring is 1. The Morgan fingerprint density at radius 1 is 1.56 bits per heavy atom. The molecule has 2 rings (SSSR count). The van der Waals surface area contributed by atoms with Gasteiger partial charge in [0.25, 0.3) is 0 Å². The molecule has 0 saturated carbocycles. The first-order valence-corrected chi connectivity index (χ1v) is 4.68. The lowest BCUT2D eigenvalue weighted by atomic mass is 10.2. The number of nitrogens with zero attached hydrogens (tertiary/aromatic N) is 3. The predicted octanol–water partition coefficient (Wildman–Crippen LogP) is 0.871. The van der Waals surface area contributed by atoms with Crippen molar-refractivity contribution in [2.75, 3.05) is 11.1 Å². The van der Waals surface area contributed by atoms with E-state index in [4.69, 9.17) is 11.0 Å². The van der Waals surface area contributed by atoms with E-state index in [1.54, 1.807) is 12.4 Å². The molecule has 0 aromatic carbocycles. The van der Waals surface area contributed by atoms with Crippen LogP contribution in [0.2, 0.25) is 0 Å². The van der Waals surface area contributed by atoms with Crippen LogP contribution in [0.4, 0.5) is 11.6 Å². The van der Waals surface area contributed by atoms with Gasteiger partial charge < -0.3 is 11.1 Å². The lowest BCUT2D eigenvalue weighted by Crippen LogP contribution is -2.01. The Hall–Kier alpha value is -2.55. The molecule has 0 bridgehead atoms. The summed E-state index contributed by atoms with van der Waals surface area (Å²) in [7, 11) is 0. The maximum absolute atomic E-state index is 8.84. The minimum Gasteiger partial charge on any atom is -0.383 e. The fourth-order valence-corrected chi connectivity index (χ4v) is 1.29. The molecule has 6 nitrogen and oxygen atoms in total. The third-order valence-electron chi connectivity index (χ3n) is 2.09. The first-order valence-electron chi connectivity index (χ1n) is 4.68. The maximum Gasteiger partial charge on any atom is 0.168 e.